The van der Waals surface area contributed by atoms with Gasteiger partial charge in [0.25, 0.3) is 0 Å². The summed E-state index contributed by atoms with van der Waals surface area (Å²) in [6.45, 7) is 0.157. The average Bonchev–Trinajstić information content (AvgIpc) is 2.92. The molecule has 1 amide bonds. The number of carbonyl (C=O) groups excluding carboxylic acids is 1. The van der Waals surface area contributed by atoms with Gasteiger partial charge in [0.05, 0.1) is 0 Å². The zero-order valence-electron chi connectivity index (χ0n) is 11.6. The van der Waals surface area contributed by atoms with Gasteiger partial charge in [0.2, 0.25) is 5.76 Å². The lowest BCUT2D eigenvalue weighted by molar-refractivity contribution is 0.155. The van der Waals surface area contributed by atoms with Crippen LogP contribution < -0.4 is 5.32 Å². The summed E-state index contributed by atoms with van der Waals surface area (Å²) >= 11 is 0. The molecule has 0 radical (unpaired) electrons. The van der Waals surface area contributed by atoms with E-state index in [-0.39, 0.29) is 12.4 Å². The summed E-state index contributed by atoms with van der Waals surface area (Å²) < 4.78 is 10.5. The highest BCUT2D eigenvalue weighted by atomic mass is 16.5. The fraction of sp³-hybridized carbons (Fsp3) is 0.0588. The molecule has 0 aliphatic rings. The quantitative estimate of drug-likeness (QED) is 0.790. The summed E-state index contributed by atoms with van der Waals surface area (Å²) in [6, 6.07) is 18.4. The Labute approximate surface area is 126 Å². The summed E-state index contributed by atoms with van der Waals surface area (Å²) in [4.78, 5) is 11.9. The first-order valence-corrected chi connectivity index (χ1v) is 6.67. The van der Waals surface area contributed by atoms with Gasteiger partial charge in [-0.25, -0.2) is 4.79 Å². The van der Waals surface area contributed by atoms with Crippen LogP contribution in [0.15, 0.2) is 59.0 Å². The molecule has 0 aliphatic heterocycles. The number of nitrogens with one attached hydrogen (secondary N) is 1. The number of hydrogen-bond donors (Lipinski definition) is 1. The smallest absolute Gasteiger partial charge is 0.412 e. The molecule has 0 saturated heterocycles. The number of amides is 1. The van der Waals surface area contributed by atoms with Gasteiger partial charge in [0.1, 0.15) is 23.9 Å². The standard InChI is InChI=1S/C17H12N2O3/c18-10-15-16(13-8-4-5-9-14(13)22-15)19-17(20)21-11-12-6-2-1-3-7-12/h1-9H,11H2,(H,19,20). The number of nitriles is 1. The van der Waals surface area contributed by atoms with Crippen LogP contribution in [0.3, 0.4) is 0 Å². The third-order valence-corrected chi connectivity index (χ3v) is 3.14. The second kappa shape index (κ2) is 6.02. The van der Waals surface area contributed by atoms with Crippen molar-refractivity contribution in [3.63, 3.8) is 0 Å². The summed E-state index contributed by atoms with van der Waals surface area (Å²) in [5, 5.41) is 12.3. The van der Waals surface area contributed by atoms with Gasteiger partial charge in [-0.2, -0.15) is 5.26 Å². The number of nitrogens with zero attached hydrogens (tertiary/aromatic N) is 1. The van der Waals surface area contributed by atoms with Crippen LogP contribution in [0.4, 0.5) is 10.5 Å². The Kier molecular flexibility index (Phi) is 3.75. The Morgan fingerprint density at radius 1 is 1.14 bits per heavy atom. The van der Waals surface area contributed by atoms with Crippen LogP contribution in [0, 0.1) is 11.3 Å². The van der Waals surface area contributed by atoms with E-state index in [1.54, 1.807) is 24.3 Å². The minimum Gasteiger partial charge on any atom is -0.444 e. The highest BCUT2D eigenvalue weighted by Crippen LogP contribution is 2.30. The average molecular weight is 292 g/mol. The number of ether oxygens (including phenoxy) is 1. The number of para-hydroxylation sites is 1. The SMILES string of the molecule is N#Cc1oc2ccccc2c1NC(=O)OCc1ccccc1. The van der Waals surface area contributed by atoms with E-state index in [1.165, 1.54) is 0 Å². The van der Waals surface area contributed by atoms with Gasteiger partial charge in [-0.05, 0) is 17.7 Å². The lowest BCUT2D eigenvalue weighted by Gasteiger charge is -2.06. The molecule has 0 aliphatic carbocycles. The molecule has 1 N–H and O–H groups in total. The predicted molar refractivity (Wildman–Crippen MR) is 81.2 cm³/mol. The molecule has 2 aromatic carbocycles. The molecule has 0 spiro atoms. The monoisotopic (exact) mass is 292 g/mol. The van der Waals surface area contributed by atoms with Crippen molar-refractivity contribution < 1.29 is 13.9 Å². The number of fused-ring (bicyclic) bond motifs is 1. The number of anilines is 1. The summed E-state index contributed by atoms with van der Waals surface area (Å²) in [6.07, 6.45) is -0.632. The van der Waals surface area contributed by atoms with E-state index < -0.39 is 6.09 Å². The third-order valence-electron chi connectivity index (χ3n) is 3.14. The molecule has 0 saturated carbocycles. The largest absolute Gasteiger partial charge is 0.444 e. The number of hydrogen-bond acceptors (Lipinski definition) is 4. The molecule has 1 heterocycles. The molecule has 0 fully saturated rings. The molecule has 3 rings (SSSR count). The first kappa shape index (κ1) is 13.7. The lowest BCUT2D eigenvalue weighted by Crippen LogP contribution is -2.13. The zero-order valence-corrected chi connectivity index (χ0v) is 11.6. The Morgan fingerprint density at radius 2 is 1.86 bits per heavy atom. The van der Waals surface area contributed by atoms with E-state index in [0.29, 0.717) is 16.7 Å². The van der Waals surface area contributed by atoms with Gasteiger partial charge in [-0.1, -0.05) is 42.5 Å². The second-order valence-electron chi connectivity index (χ2n) is 4.60. The molecule has 22 heavy (non-hydrogen) atoms. The van der Waals surface area contributed by atoms with Gasteiger partial charge >= 0.3 is 6.09 Å². The Hall–Kier alpha value is -3.26. The van der Waals surface area contributed by atoms with Crippen molar-refractivity contribution in [2.24, 2.45) is 0 Å². The third kappa shape index (κ3) is 2.76. The van der Waals surface area contributed by atoms with Crippen LogP contribution in [0.2, 0.25) is 0 Å². The van der Waals surface area contributed by atoms with E-state index in [2.05, 4.69) is 5.32 Å². The maximum atomic E-state index is 11.9. The highest BCUT2D eigenvalue weighted by Gasteiger charge is 2.16. The Balaban J connectivity index is 1.75. The normalized spacial score (nSPS) is 10.1. The lowest BCUT2D eigenvalue weighted by atomic mass is 10.2. The summed E-state index contributed by atoms with van der Waals surface area (Å²) in [7, 11) is 0. The minimum atomic E-state index is -0.632. The van der Waals surface area contributed by atoms with Crippen LogP contribution in [-0.2, 0) is 11.3 Å². The number of rotatable bonds is 3. The van der Waals surface area contributed by atoms with Crippen molar-refractivity contribution in [3.05, 3.63) is 65.9 Å². The van der Waals surface area contributed by atoms with Gasteiger partial charge in [0, 0.05) is 5.39 Å². The summed E-state index contributed by atoms with van der Waals surface area (Å²) in [5.74, 6) is 0.0536. The van der Waals surface area contributed by atoms with Crippen LogP contribution in [-0.4, -0.2) is 6.09 Å². The topological polar surface area (TPSA) is 75.3 Å². The molecule has 5 nitrogen and oxygen atoms in total. The molecule has 0 unspecified atom stereocenters. The van der Waals surface area contributed by atoms with Crippen LogP contribution >= 0.6 is 0 Å². The predicted octanol–water partition coefficient (Wildman–Crippen LogP) is 4.05. The minimum absolute atomic E-state index is 0.0536. The molecular weight excluding hydrogens is 280 g/mol. The van der Waals surface area contributed by atoms with Crippen molar-refractivity contribution >= 4 is 22.7 Å². The van der Waals surface area contributed by atoms with Crippen LogP contribution in [0.1, 0.15) is 11.3 Å². The molecule has 0 bridgehead atoms. The molecule has 3 aromatic rings. The number of furan rings is 1. The first-order chi connectivity index (χ1) is 10.8. The van der Waals surface area contributed by atoms with Crippen molar-refractivity contribution in [3.8, 4) is 6.07 Å². The van der Waals surface area contributed by atoms with Crippen LogP contribution in [0.25, 0.3) is 11.0 Å². The van der Waals surface area contributed by atoms with Gasteiger partial charge in [-0.15, -0.1) is 0 Å². The highest BCUT2D eigenvalue weighted by molar-refractivity contribution is 6.00. The molecule has 5 heteroatoms. The first-order valence-electron chi connectivity index (χ1n) is 6.67. The zero-order chi connectivity index (χ0) is 15.4. The van der Waals surface area contributed by atoms with Crippen molar-refractivity contribution in [1.82, 2.24) is 0 Å². The maximum Gasteiger partial charge on any atom is 0.412 e. The number of carbonyl (C=O) groups is 1. The fourth-order valence-corrected chi connectivity index (χ4v) is 2.11. The van der Waals surface area contributed by atoms with Crippen molar-refractivity contribution in [1.29, 1.82) is 5.26 Å². The van der Waals surface area contributed by atoms with E-state index in [1.807, 2.05) is 36.4 Å². The van der Waals surface area contributed by atoms with Gasteiger partial charge < -0.3 is 9.15 Å². The van der Waals surface area contributed by atoms with Crippen molar-refractivity contribution in [2.75, 3.05) is 5.32 Å². The molecular formula is C17H12N2O3. The fourth-order valence-electron chi connectivity index (χ4n) is 2.11. The van der Waals surface area contributed by atoms with Gasteiger partial charge in [-0.3, -0.25) is 5.32 Å². The summed E-state index contributed by atoms with van der Waals surface area (Å²) in [5.41, 5.74) is 1.75. The van der Waals surface area contributed by atoms with E-state index in [4.69, 9.17) is 14.4 Å². The molecule has 1 aromatic heterocycles. The van der Waals surface area contributed by atoms with E-state index in [0.717, 1.165) is 5.56 Å². The Bertz CT molecular complexity index is 847. The number of benzene rings is 2. The van der Waals surface area contributed by atoms with Gasteiger partial charge in [0.15, 0.2) is 0 Å². The molecule has 108 valence electrons. The van der Waals surface area contributed by atoms with Crippen LogP contribution in [0.5, 0.6) is 0 Å². The van der Waals surface area contributed by atoms with Crippen molar-refractivity contribution in [2.45, 2.75) is 6.61 Å². The molecule has 0 atom stereocenters. The Morgan fingerprint density at radius 3 is 2.64 bits per heavy atom. The maximum absolute atomic E-state index is 11.9. The van der Waals surface area contributed by atoms with E-state index in [9.17, 15) is 4.79 Å². The van der Waals surface area contributed by atoms with E-state index >= 15 is 0 Å². The second-order valence-corrected chi connectivity index (χ2v) is 4.60.